The van der Waals surface area contributed by atoms with Gasteiger partial charge in [0.25, 0.3) is 11.8 Å². The van der Waals surface area contributed by atoms with Gasteiger partial charge in [0.1, 0.15) is 29.3 Å². The van der Waals surface area contributed by atoms with Gasteiger partial charge in [-0.25, -0.2) is 24.4 Å². The van der Waals surface area contributed by atoms with E-state index in [2.05, 4.69) is 140 Å². The number of H-pyrrole nitrogens is 2. The number of benzene rings is 8. The number of aromatic nitrogens is 4. The molecule has 0 bridgehead atoms. The van der Waals surface area contributed by atoms with Gasteiger partial charge in [-0.05, 0) is 285 Å². The van der Waals surface area contributed by atoms with Gasteiger partial charge in [-0.1, -0.05) is 158 Å². The molecule has 8 heterocycles. The van der Waals surface area contributed by atoms with Crippen LogP contribution in [0.1, 0.15) is 231 Å². The Morgan fingerprint density at radius 3 is 1.23 bits per heavy atom. The van der Waals surface area contributed by atoms with Crippen molar-refractivity contribution in [3.05, 3.63) is 239 Å². The van der Waals surface area contributed by atoms with Crippen molar-refractivity contribution >= 4 is 109 Å². The predicted octanol–water partition coefficient (Wildman–Crippen LogP) is 21.1. The summed E-state index contributed by atoms with van der Waals surface area (Å²) in [5, 5.41) is 16.1. The second kappa shape index (κ2) is 42.2. The number of Topliss-reactive ketones (excluding diaryl/α,β-unsaturated/α-hetero) is 2. The van der Waals surface area contributed by atoms with Gasteiger partial charge < -0.3 is 64.7 Å². The number of methoxy groups -OCH3 is 2. The third kappa shape index (κ3) is 21.2. The number of hydrogen-bond acceptors (Lipinski definition) is 18. The molecule has 6 amide bonds. The minimum atomic E-state index is -0.879. The first-order chi connectivity index (χ1) is 69.0. The van der Waals surface area contributed by atoms with E-state index in [1.165, 1.54) is 64.4 Å². The number of alkyl carbamates (subject to hydrolysis) is 3. The molecule has 4 saturated heterocycles. The van der Waals surface area contributed by atoms with E-state index in [0.29, 0.717) is 56.5 Å². The first-order valence-electron chi connectivity index (χ1n) is 51.2. The lowest BCUT2D eigenvalue weighted by molar-refractivity contribution is -0.135. The van der Waals surface area contributed by atoms with Crippen LogP contribution in [-0.4, -0.2) is 165 Å². The zero-order valence-electron chi connectivity index (χ0n) is 81.4. The smallest absolute Gasteiger partial charge is 0.408 e. The van der Waals surface area contributed by atoms with E-state index in [9.17, 15) is 43.2 Å². The first kappa shape index (κ1) is 96.5. The van der Waals surface area contributed by atoms with E-state index >= 15 is 0 Å². The molecule has 10 atom stereocenters. The number of halogens is 1. The number of allylic oxidation sites excluding steroid dienone is 4. The van der Waals surface area contributed by atoms with Crippen molar-refractivity contribution in [2.45, 2.75) is 217 Å². The molecule has 4 saturated carbocycles. The monoisotopic (exact) mass is 1930 g/mol. The highest BCUT2D eigenvalue weighted by atomic mass is 35.5. The second-order valence-corrected chi connectivity index (χ2v) is 41.7. The number of imidazole rings is 2. The molecule has 26 nitrogen and oxygen atoms in total. The van der Waals surface area contributed by atoms with Crippen LogP contribution in [0.2, 0.25) is 0 Å². The van der Waals surface area contributed by atoms with E-state index in [-0.39, 0.29) is 94.0 Å². The lowest BCUT2D eigenvalue weighted by atomic mass is 9.78. The summed E-state index contributed by atoms with van der Waals surface area (Å²) in [6.07, 6.45) is 22.7. The zero-order chi connectivity index (χ0) is 98.0. The number of carbonyl (C=O) groups is 9. The molecule has 2 aromatic heterocycles. The third-order valence-corrected chi connectivity index (χ3v) is 31.4. The van der Waals surface area contributed by atoms with E-state index in [1.54, 1.807) is 0 Å². The van der Waals surface area contributed by atoms with Crippen molar-refractivity contribution in [3.63, 3.8) is 0 Å². The second-order valence-electron chi connectivity index (χ2n) is 41.4. The Kier molecular flexibility index (Phi) is 28.7. The number of aromatic amines is 2. The number of rotatable bonds is 24. The summed E-state index contributed by atoms with van der Waals surface area (Å²) >= 11 is 5.04. The van der Waals surface area contributed by atoms with Crippen LogP contribution in [0.4, 0.5) is 14.4 Å². The van der Waals surface area contributed by atoms with Crippen LogP contribution in [0.25, 0.3) is 77.5 Å². The van der Waals surface area contributed by atoms with Gasteiger partial charge in [-0.3, -0.25) is 38.8 Å². The number of likely N-dealkylation sites (tertiary alicyclic amines) is 2. The Morgan fingerprint density at radius 2 is 0.831 bits per heavy atom. The highest BCUT2D eigenvalue weighted by Crippen LogP contribution is 2.50. The molecular weight excluding hydrogens is 1810 g/mol. The number of carbonyl (C=O) groups excluding carboxylic acids is 9. The van der Waals surface area contributed by atoms with Crippen molar-refractivity contribution in [3.8, 4) is 44.8 Å². The Hall–Kier alpha value is -13.0. The fraction of sp³-hybridized carbons (Fsp3) is 0.435. The largest absolute Gasteiger partial charge is 0.453 e. The Morgan fingerprint density at radius 1 is 0.430 bits per heavy atom. The maximum atomic E-state index is 14.5. The zero-order valence-corrected chi connectivity index (χ0v) is 82.1. The highest BCUT2D eigenvalue weighted by Gasteiger charge is 2.49. The highest BCUT2D eigenvalue weighted by molar-refractivity contribution is 6.64. The Balaban J connectivity index is 0.000000164. The molecule has 6 aliphatic carbocycles. The summed E-state index contributed by atoms with van der Waals surface area (Å²) in [5.74, 6) is 1.77. The van der Waals surface area contributed by atoms with Gasteiger partial charge >= 0.3 is 18.3 Å². The molecule has 22 rings (SSSR count). The number of aryl methyl sites for hydroxylation is 2. The van der Waals surface area contributed by atoms with Crippen molar-refractivity contribution in [2.24, 2.45) is 57.3 Å². The molecule has 8 fully saturated rings. The maximum Gasteiger partial charge on any atom is 0.408 e. The standard InChI is InChI=1S/C56H62N6O7.C55H58N6O6.C4H5ClO/c1-56(2,3)69-55(66)60-49(34-23-26-68-27-24-34)51(63)43-13-8-12-42(43)46-31-44-41-21-19-38(29-39(41)20-22-45(44)58-46)35-15-16-37-30-40(18-17-36(37)28-35)47-32-57-52(59-47)48-14-9-25-62(48)53(64)50(61-54(65)67-4)33-10-6-5-7-11-33;1-66-55(65)60-50(32-7-3-2-4-8-32)54(64)61-24-6-11-48(61)52-56-31-47(58-52)40-17-16-36-27-35(14-15-37(36)29-40)38-18-20-41-39(28-38)19-21-45-44(41)30-46(57-45)42-9-5-10-43(42)51(62)49(33-22-25-67-26-23-33)59-53(63)34-12-13-34;5-4(6)3-1-2-3/h5-7,10-11,15-19,21,28-30,32,34,42-43,48-50H,8-9,12-14,20,22-27,31H2,1-4H3,(H,57,59)(H,60,66)(H,61,65);2-4,7-8,14-18,20,27-29,31,33-34,42-43,48-50H,5-6,9-13,19,21-26,30H2,1H3,(H,56,58)(H,59,63)(H,60,65);3H,1-2H2/t2*42-,43?,48+,49+,50-;/m11./s1. The molecule has 142 heavy (non-hydrogen) atoms. The van der Waals surface area contributed by atoms with Gasteiger partial charge in [0.15, 0.2) is 11.6 Å². The summed E-state index contributed by atoms with van der Waals surface area (Å²) in [6, 6.07) is 55.0. The van der Waals surface area contributed by atoms with Gasteiger partial charge in [-0.2, -0.15) is 0 Å². The molecular formula is C115H125ClN12O14. The minimum Gasteiger partial charge on any atom is -0.453 e. The SMILES string of the molecule is COC(=O)N[C@@H](C(=O)N1CCC[C@H]1c1ncc(-c2ccc3cc(-c4ccc5c(c4)CCC4=C5CC([C@@H]5CCCC5C(=O)[C@@H](NC(=O)C5CC5)C5CCOCC5)=N4)ccc3c2)[nH]1)c1ccccc1.COC(=O)N[C@@H](C(=O)N1CCC[C@H]1c1ncc(-c2ccc3cc(-c4ccc5c(c4)CCC4=C5CC([C@@H]5CCCC5C(=O)[C@@H](NC(=O)OC(C)(C)C)C5CCOCC5)=N4)ccc3c2)[nH]1)c1ccccc1.O=C(Cl)C1CC1. The van der Waals surface area contributed by atoms with Gasteiger partial charge in [0.2, 0.25) is 11.1 Å². The number of amides is 6. The van der Waals surface area contributed by atoms with Crippen LogP contribution in [0.15, 0.2) is 204 Å². The predicted molar refractivity (Wildman–Crippen MR) is 545 cm³/mol. The number of ketones is 2. The maximum absolute atomic E-state index is 14.5. The van der Waals surface area contributed by atoms with E-state index in [1.807, 2.05) is 104 Å². The van der Waals surface area contributed by atoms with Crippen LogP contribution < -0.4 is 21.3 Å². The van der Waals surface area contributed by atoms with Gasteiger partial charge in [-0.15, -0.1) is 0 Å². The first-order valence-corrected chi connectivity index (χ1v) is 51.5. The number of fused-ring (bicyclic) bond motifs is 6. The van der Waals surface area contributed by atoms with Crippen LogP contribution >= 0.6 is 11.6 Å². The molecule has 2 unspecified atom stereocenters. The Bertz CT molecular complexity index is 6630. The number of hydrogen-bond donors (Lipinski definition) is 6. The molecule has 8 aromatic carbocycles. The fourth-order valence-corrected chi connectivity index (χ4v) is 23.6. The molecule has 0 radical (unpaired) electrons. The van der Waals surface area contributed by atoms with Crippen LogP contribution in [0, 0.1) is 47.3 Å². The van der Waals surface area contributed by atoms with Gasteiger partial charge in [0, 0.05) is 122 Å². The van der Waals surface area contributed by atoms with Crippen molar-refractivity contribution < 1.29 is 66.8 Å². The quantitative estimate of drug-likeness (QED) is 0.0242. The number of nitrogens with zero attached hydrogens (tertiary/aromatic N) is 6. The van der Waals surface area contributed by atoms with Gasteiger partial charge in [0.05, 0.1) is 62.2 Å². The molecule has 6 aliphatic heterocycles. The van der Waals surface area contributed by atoms with Crippen LogP contribution in [-0.2, 0) is 65.3 Å². The van der Waals surface area contributed by atoms with Crippen molar-refractivity contribution in [2.75, 3.05) is 53.7 Å². The summed E-state index contributed by atoms with van der Waals surface area (Å²) in [5.41, 5.74) is 21.6. The number of ether oxygens (including phenoxy) is 5. The van der Waals surface area contributed by atoms with Crippen molar-refractivity contribution in [1.29, 1.82) is 0 Å². The topological polar surface area (TPSA) is 336 Å². The molecule has 12 aliphatic rings. The minimum absolute atomic E-state index is 0.0175. The molecule has 10 aromatic rings. The van der Waals surface area contributed by atoms with E-state index < -0.39 is 48.0 Å². The summed E-state index contributed by atoms with van der Waals surface area (Å²) in [4.78, 5) is 148. The number of aliphatic imine (C=N–C) groups is 2. The molecule has 736 valence electrons. The van der Waals surface area contributed by atoms with E-state index in [0.717, 1.165) is 232 Å². The molecule has 0 spiro atoms. The number of nitrogens with one attached hydrogen (secondary N) is 6. The normalized spacial score (nSPS) is 21.8. The average Bonchev–Trinajstić information content (AvgIpc) is 1.58. The van der Waals surface area contributed by atoms with Crippen molar-refractivity contribution in [1.82, 2.24) is 51.0 Å². The summed E-state index contributed by atoms with van der Waals surface area (Å²) in [6.45, 7) is 9.11. The third-order valence-electron chi connectivity index (χ3n) is 31.1. The summed E-state index contributed by atoms with van der Waals surface area (Å²) in [7, 11) is 2.58. The molecule has 27 heteroatoms. The molecule has 6 N–H and O–H groups in total. The van der Waals surface area contributed by atoms with E-state index in [4.69, 9.17) is 55.2 Å². The fourth-order valence-electron chi connectivity index (χ4n) is 23.4. The lowest BCUT2D eigenvalue weighted by Crippen LogP contribution is -2.51. The Labute approximate surface area is 832 Å². The van der Waals surface area contributed by atoms with Crippen LogP contribution in [0.3, 0.4) is 0 Å². The average molecular weight is 1930 g/mol. The lowest BCUT2D eigenvalue weighted by Gasteiger charge is -2.33. The summed E-state index contributed by atoms with van der Waals surface area (Å²) < 4.78 is 26.6. The van der Waals surface area contributed by atoms with Crippen LogP contribution in [0.5, 0.6) is 0 Å².